The summed E-state index contributed by atoms with van der Waals surface area (Å²) in [6.07, 6.45) is 3.17. The van der Waals surface area contributed by atoms with Gasteiger partial charge >= 0.3 is 0 Å². The molecule has 0 fully saturated rings. The first-order valence-electron chi connectivity index (χ1n) is 10.8. The molecule has 0 atom stereocenters. The van der Waals surface area contributed by atoms with Crippen LogP contribution in [0, 0.1) is 0 Å². The Bertz CT molecular complexity index is 1310. The molecule has 0 bridgehead atoms. The summed E-state index contributed by atoms with van der Waals surface area (Å²) in [4.78, 5) is 22.5. The summed E-state index contributed by atoms with van der Waals surface area (Å²) in [5, 5.41) is 9.60. The minimum atomic E-state index is -0.186. The third kappa shape index (κ3) is 4.93. The molecule has 0 aliphatic rings. The topological polar surface area (TPSA) is 85.4 Å². The van der Waals surface area contributed by atoms with Gasteiger partial charge in [0.15, 0.2) is 0 Å². The third-order valence-electron chi connectivity index (χ3n) is 5.35. The van der Waals surface area contributed by atoms with E-state index < -0.39 is 0 Å². The predicted octanol–water partition coefficient (Wildman–Crippen LogP) is 6.18. The van der Waals surface area contributed by atoms with E-state index in [1.54, 1.807) is 20.3 Å². The van der Waals surface area contributed by atoms with Gasteiger partial charge in [0.05, 0.1) is 35.3 Å². The second kappa shape index (κ2) is 10.7. The van der Waals surface area contributed by atoms with Gasteiger partial charge in [0.2, 0.25) is 0 Å². The summed E-state index contributed by atoms with van der Waals surface area (Å²) < 4.78 is 11.0. The first-order valence-corrected chi connectivity index (χ1v) is 12.1. The second-order valence-corrected chi connectivity index (χ2v) is 8.91. The van der Waals surface area contributed by atoms with Crippen LogP contribution in [0.2, 0.25) is 5.02 Å². The van der Waals surface area contributed by atoms with Gasteiger partial charge in [-0.05, 0) is 41.6 Å². The highest BCUT2D eigenvalue weighted by Gasteiger charge is 2.20. The highest BCUT2D eigenvalue weighted by Crippen LogP contribution is 2.38. The molecule has 2 aromatic heterocycles. The molecule has 0 aliphatic carbocycles. The van der Waals surface area contributed by atoms with E-state index in [0.717, 1.165) is 34.9 Å². The summed E-state index contributed by atoms with van der Waals surface area (Å²) in [6.45, 7) is 2.60. The highest BCUT2D eigenvalue weighted by molar-refractivity contribution is 7.12. The Kier molecular flexibility index (Phi) is 7.49. The van der Waals surface area contributed by atoms with Crippen LogP contribution in [-0.2, 0) is 13.0 Å². The number of ether oxygens (including phenoxy) is 2. The maximum Gasteiger partial charge on any atom is 0.265 e. The van der Waals surface area contributed by atoms with Crippen LogP contribution in [0.1, 0.15) is 34.1 Å². The minimum absolute atomic E-state index is 0.186. The van der Waals surface area contributed by atoms with E-state index in [1.165, 1.54) is 17.7 Å². The average molecular weight is 497 g/mol. The fourth-order valence-corrected chi connectivity index (χ4v) is 4.70. The second-order valence-electron chi connectivity index (χ2n) is 7.56. The van der Waals surface area contributed by atoms with Gasteiger partial charge in [0.25, 0.3) is 5.91 Å². The first-order chi connectivity index (χ1) is 16.5. The number of amides is 1. The lowest BCUT2D eigenvalue weighted by atomic mass is 10.0. The molecule has 1 amide bonds. The number of nitrogens with zero attached hydrogens (tertiary/aromatic N) is 2. The molecular weight excluding hydrogens is 472 g/mol. The predicted molar refractivity (Wildman–Crippen MR) is 138 cm³/mol. The molecule has 0 saturated heterocycles. The van der Waals surface area contributed by atoms with Crippen molar-refractivity contribution in [3.63, 3.8) is 0 Å². The molecule has 0 aliphatic heterocycles. The number of hydrogen-bond acceptors (Lipinski definition) is 7. The smallest absolute Gasteiger partial charge is 0.265 e. The number of benzene rings is 2. The molecule has 176 valence electrons. The van der Waals surface area contributed by atoms with Gasteiger partial charge in [-0.3, -0.25) is 4.79 Å². The van der Waals surface area contributed by atoms with Gasteiger partial charge in [0, 0.05) is 17.5 Å². The number of thiophene rings is 1. The van der Waals surface area contributed by atoms with Crippen molar-refractivity contribution in [2.45, 2.75) is 26.3 Å². The summed E-state index contributed by atoms with van der Waals surface area (Å²) in [5.41, 5.74) is 3.29. The number of aromatic nitrogens is 2. The van der Waals surface area contributed by atoms with Crippen LogP contribution >= 0.6 is 22.9 Å². The first kappa shape index (κ1) is 23.8. The van der Waals surface area contributed by atoms with Crippen molar-refractivity contribution in [3.05, 3.63) is 69.1 Å². The van der Waals surface area contributed by atoms with E-state index in [1.807, 2.05) is 35.7 Å². The Hall–Kier alpha value is -3.36. The molecule has 34 heavy (non-hydrogen) atoms. The zero-order chi connectivity index (χ0) is 24.1. The van der Waals surface area contributed by atoms with Crippen LogP contribution in [0.15, 0.2) is 48.1 Å². The SMILES string of the molecule is CCCc1c(OC)c(NC(=O)c2cccs2)cc2c(NCc3ccc(OC)c(Cl)c3)ncnc12. The zero-order valence-electron chi connectivity index (χ0n) is 19.1. The number of carbonyl (C=O) groups is 1. The quantitative estimate of drug-likeness (QED) is 0.288. The fourth-order valence-electron chi connectivity index (χ4n) is 3.80. The largest absolute Gasteiger partial charge is 0.495 e. The van der Waals surface area contributed by atoms with Gasteiger partial charge in [0.1, 0.15) is 23.6 Å². The normalized spacial score (nSPS) is 10.8. The van der Waals surface area contributed by atoms with Crippen LogP contribution in [0.3, 0.4) is 0 Å². The van der Waals surface area contributed by atoms with Crippen LogP contribution in [0.25, 0.3) is 10.9 Å². The maximum atomic E-state index is 12.8. The molecule has 4 aromatic rings. The summed E-state index contributed by atoms with van der Waals surface area (Å²) in [7, 11) is 3.19. The number of fused-ring (bicyclic) bond motifs is 1. The molecule has 9 heteroatoms. The number of rotatable bonds is 9. The maximum absolute atomic E-state index is 12.8. The molecule has 0 radical (unpaired) electrons. The molecule has 0 saturated carbocycles. The van der Waals surface area contributed by atoms with Crippen LogP contribution in [0.4, 0.5) is 11.5 Å². The molecular formula is C25H25ClN4O3S. The molecule has 0 spiro atoms. The van der Waals surface area contributed by atoms with Crippen molar-refractivity contribution in [1.29, 1.82) is 0 Å². The molecule has 2 N–H and O–H groups in total. The number of nitrogens with one attached hydrogen (secondary N) is 2. The number of anilines is 2. The van der Waals surface area contributed by atoms with Gasteiger partial charge in [-0.1, -0.05) is 37.1 Å². The Morgan fingerprint density at radius 1 is 1.15 bits per heavy atom. The molecule has 2 heterocycles. The van der Waals surface area contributed by atoms with Gasteiger partial charge in [-0.25, -0.2) is 9.97 Å². The molecule has 2 aromatic carbocycles. The summed E-state index contributed by atoms with van der Waals surface area (Å²) >= 11 is 7.66. The third-order valence-corrected chi connectivity index (χ3v) is 6.51. The van der Waals surface area contributed by atoms with Gasteiger partial charge < -0.3 is 20.1 Å². The van der Waals surface area contributed by atoms with Crippen molar-refractivity contribution in [2.75, 3.05) is 24.9 Å². The number of methoxy groups -OCH3 is 2. The number of hydrogen-bond donors (Lipinski definition) is 2. The number of carbonyl (C=O) groups excluding carboxylic acids is 1. The summed E-state index contributed by atoms with van der Waals surface area (Å²) in [5.74, 6) is 1.71. The van der Waals surface area contributed by atoms with Crippen molar-refractivity contribution < 1.29 is 14.3 Å². The van der Waals surface area contributed by atoms with E-state index in [0.29, 0.717) is 39.4 Å². The van der Waals surface area contributed by atoms with Gasteiger partial charge in [-0.2, -0.15) is 0 Å². The van der Waals surface area contributed by atoms with Crippen LogP contribution < -0.4 is 20.1 Å². The van der Waals surface area contributed by atoms with E-state index in [4.69, 9.17) is 21.1 Å². The zero-order valence-corrected chi connectivity index (χ0v) is 20.7. The lowest BCUT2D eigenvalue weighted by molar-refractivity contribution is 0.103. The van der Waals surface area contributed by atoms with Gasteiger partial charge in [-0.15, -0.1) is 11.3 Å². The molecule has 0 unspecified atom stereocenters. The number of halogens is 1. The minimum Gasteiger partial charge on any atom is -0.495 e. The number of aryl methyl sites for hydroxylation is 1. The lowest BCUT2D eigenvalue weighted by Gasteiger charge is -2.18. The standard InChI is InChI=1S/C25H25ClN4O3S/c1-4-6-16-22-17(12-19(23(16)33-3)30-25(31)21-7-5-10-34-21)24(29-14-28-22)27-13-15-8-9-20(32-2)18(26)11-15/h5,7-12,14H,4,6,13H2,1-3H3,(H,30,31)(H,27,28,29). The Balaban J connectivity index is 1.73. The highest BCUT2D eigenvalue weighted by atomic mass is 35.5. The van der Waals surface area contributed by atoms with E-state index in [-0.39, 0.29) is 5.91 Å². The van der Waals surface area contributed by atoms with Crippen molar-refractivity contribution in [1.82, 2.24) is 9.97 Å². The van der Waals surface area contributed by atoms with Crippen molar-refractivity contribution in [2.24, 2.45) is 0 Å². The van der Waals surface area contributed by atoms with Crippen molar-refractivity contribution >= 4 is 51.3 Å². The average Bonchev–Trinajstić information content (AvgIpc) is 3.38. The monoisotopic (exact) mass is 496 g/mol. The van der Waals surface area contributed by atoms with Crippen molar-refractivity contribution in [3.8, 4) is 11.5 Å². The molecule has 4 rings (SSSR count). The van der Waals surface area contributed by atoms with E-state index in [2.05, 4.69) is 27.5 Å². The van der Waals surface area contributed by atoms with Crippen LogP contribution in [0.5, 0.6) is 11.5 Å². The van der Waals surface area contributed by atoms with E-state index in [9.17, 15) is 4.79 Å². The summed E-state index contributed by atoms with van der Waals surface area (Å²) in [6, 6.07) is 11.1. The molecule has 7 nitrogen and oxygen atoms in total. The Morgan fingerprint density at radius 3 is 2.68 bits per heavy atom. The Labute approximate surface area is 207 Å². The lowest BCUT2D eigenvalue weighted by Crippen LogP contribution is -2.13. The Morgan fingerprint density at radius 2 is 2.00 bits per heavy atom. The van der Waals surface area contributed by atoms with E-state index >= 15 is 0 Å². The fraction of sp³-hybridized carbons (Fsp3) is 0.240. The van der Waals surface area contributed by atoms with Crippen LogP contribution in [-0.4, -0.2) is 30.1 Å².